The molecule has 1 saturated carbocycles. The van der Waals surface area contributed by atoms with Gasteiger partial charge in [-0.15, -0.1) is 12.4 Å². The predicted octanol–water partition coefficient (Wildman–Crippen LogP) is 2.46. The van der Waals surface area contributed by atoms with Crippen molar-refractivity contribution in [3.8, 4) is 0 Å². The lowest BCUT2D eigenvalue weighted by Gasteiger charge is -2.64. The van der Waals surface area contributed by atoms with E-state index in [0.29, 0.717) is 5.95 Å². The molecular formula is C17H23ClN4O2. The number of carbonyl (C=O) groups is 1. The molecule has 0 radical (unpaired) electrons. The highest BCUT2D eigenvalue weighted by atomic mass is 35.5. The molecule has 2 fully saturated rings. The van der Waals surface area contributed by atoms with E-state index < -0.39 is 11.0 Å². The van der Waals surface area contributed by atoms with E-state index >= 15 is 0 Å². The Balaban J connectivity index is 0.00000169. The number of anilines is 1. The van der Waals surface area contributed by atoms with Gasteiger partial charge in [-0.05, 0) is 25.0 Å². The largest absolute Gasteiger partial charge is 0.377 e. The molecular weight excluding hydrogens is 328 g/mol. The average Bonchev–Trinajstić information content (AvgIpc) is 2.96. The summed E-state index contributed by atoms with van der Waals surface area (Å²) in [5.41, 5.74) is 6.97. The molecule has 1 amide bonds. The number of rotatable bonds is 2. The van der Waals surface area contributed by atoms with Crippen molar-refractivity contribution in [3.05, 3.63) is 24.3 Å². The lowest BCUT2D eigenvalue weighted by molar-refractivity contribution is -0.222. The number of benzene rings is 1. The van der Waals surface area contributed by atoms with Crippen LogP contribution in [0.1, 0.15) is 26.7 Å². The third-order valence-corrected chi connectivity index (χ3v) is 5.68. The number of amides is 1. The number of imidazole rings is 1. The molecule has 4 N–H and O–H groups in total. The number of carbonyl (C=O) groups excluding carboxylic acids is 1. The summed E-state index contributed by atoms with van der Waals surface area (Å²) in [6, 6.07) is 7.67. The summed E-state index contributed by atoms with van der Waals surface area (Å²) in [4.78, 5) is 20.4. The SMILES string of the molecule is CC1(C)C2OCCCC2C1(N)C(=O)Nc1nc2ccccc2[nH]1.Cl. The van der Waals surface area contributed by atoms with Crippen LogP contribution in [0.4, 0.5) is 5.95 Å². The van der Waals surface area contributed by atoms with Crippen LogP contribution < -0.4 is 11.1 Å². The van der Waals surface area contributed by atoms with Crippen molar-refractivity contribution in [3.63, 3.8) is 0 Å². The van der Waals surface area contributed by atoms with E-state index in [1.165, 1.54) is 0 Å². The van der Waals surface area contributed by atoms with Crippen molar-refractivity contribution in [2.45, 2.75) is 38.3 Å². The number of nitrogens with one attached hydrogen (secondary N) is 2. The van der Waals surface area contributed by atoms with Gasteiger partial charge in [0.1, 0.15) is 5.54 Å². The number of fused-ring (bicyclic) bond motifs is 2. The van der Waals surface area contributed by atoms with Gasteiger partial charge in [-0.2, -0.15) is 0 Å². The normalized spacial score (nSPS) is 30.8. The summed E-state index contributed by atoms with van der Waals surface area (Å²) in [5.74, 6) is 0.320. The van der Waals surface area contributed by atoms with Gasteiger partial charge in [-0.3, -0.25) is 10.1 Å². The van der Waals surface area contributed by atoms with Crippen LogP contribution in [0.25, 0.3) is 11.0 Å². The number of halogens is 1. The minimum atomic E-state index is -0.933. The Bertz CT molecular complexity index is 742. The first-order valence-electron chi connectivity index (χ1n) is 8.11. The molecule has 130 valence electrons. The maximum Gasteiger partial charge on any atom is 0.247 e. The Labute approximate surface area is 146 Å². The standard InChI is InChI=1S/C17H22N4O2.ClH/c1-16(2)13-10(6-5-9-23-13)17(16,18)14(22)21-15-19-11-7-3-4-8-12(11)20-15;/h3-4,7-8,10,13H,5-6,9,18H2,1-2H3,(H2,19,20,21,22);1H. The van der Waals surface area contributed by atoms with E-state index in [2.05, 4.69) is 15.3 Å². The molecule has 7 heteroatoms. The molecule has 1 saturated heterocycles. The summed E-state index contributed by atoms with van der Waals surface area (Å²) in [7, 11) is 0. The minimum Gasteiger partial charge on any atom is -0.377 e. The van der Waals surface area contributed by atoms with Crippen molar-refractivity contribution in [2.24, 2.45) is 17.1 Å². The highest BCUT2D eigenvalue weighted by Crippen LogP contribution is 2.57. The lowest BCUT2D eigenvalue weighted by Crippen LogP contribution is -2.81. The molecule has 24 heavy (non-hydrogen) atoms. The van der Waals surface area contributed by atoms with Gasteiger partial charge in [0.15, 0.2) is 0 Å². The highest BCUT2D eigenvalue weighted by molar-refractivity contribution is 6.00. The van der Waals surface area contributed by atoms with E-state index in [1.807, 2.05) is 38.1 Å². The molecule has 2 aliphatic rings. The second-order valence-corrected chi connectivity index (χ2v) is 7.19. The molecule has 1 aromatic carbocycles. The van der Waals surface area contributed by atoms with Crippen LogP contribution in [-0.4, -0.2) is 34.1 Å². The third kappa shape index (κ3) is 2.17. The van der Waals surface area contributed by atoms with Gasteiger partial charge >= 0.3 is 0 Å². The van der Waals surface area contributed by atoms with Gasteiger partial charge in [0.2, 0.25) is 11.9 Å². The Morgan fingerprint density at radius 2 is 2.17 bits per heavy atom. The Morgan fingerprint density at radius 1 is 1.42 bits per heavy atom. The van der Waals surface area contributed by atoms with Gasteiger partial charge in [-0.25, -0.2) is 4.98 Å². The maximum atomic E-state index is 12.9. The van der Waals surface area contributed by atoms with Crippen LogP contribution in [0.5, 0.6) is 0 Å². The smallest absolute Gasteiger partial charge is 0.247 e. The molecule has 0 spiro atoms. The number of H-pyrrole nitrogens is 1. The van der Waals surface area contributed by atoms with E-state index in [9.17, 15) is 4.79 Å². The first-order valence-corrected chi connectivity index (χ1v) is 8.11. The summed E-state index contributed by atoms with van der Waals surface area (Å²) in [5, 5.41) is 2.88. The van der Waals surface area contributed by atoms with Gasteiger partial charge in [0.05, 0.1) is 17.1 Å². The molecule has 1 aromatic heterocycles. The Morgan fingerprint density at radius 3 is 2.92 bits per heavy atom. The number of nitrogens with zero attached hydrogens (tertiary/aromatic N) is 1. The van der Waals surface area contributed by atoms with E-state index in [4.69, 9.17) is 10.5 Å². The number of para-hydroxylation sites is 2. The number of hydrogen-bond donors (Lipinski definition) is 3. The number of nitrogens with two attached hydrogens (primary N) is 1. The summed E-state index contributed by atoms with van der Waals surface area (Å²) >= 11 is 0. The van der Waals surface area contributed by atoms with Gasteiger partial charge < -0.3 is 15.5 Å². The molecule has 6 nitrogen and oxygen atoms in total. The predicted molar refractivity (Wildman–Crippen MR) is 95.1 cm³/mol. The topological polar surface area (TPSA) is 93.0 Å². The summed E-state index contributed by atoms with van der Waals surface area (Å²) < 4.78 is 5.85. The van der Waals surface area contributed by atoms with Gasteiger partial charge in [0.25, 0.3) is 0 Å². The van der Waals surface area contributed by atoms with Crippen molar-refractivity contribution < 1.29 is 9.53 Å². The number of ether oxygens (including phenoxy) is 1. The van der Waals surface area contributed by atoms with Crippen LogP contribution in [0, 0.1) is 11.3 Å². The highest BCUT2D eigenvalue weighted by Gasteiger charge is 2.70. The average molecular weight is 351 g/mol. The van der Waals surface area contributed by atoms with Crippen molar-refractivity contribution in [2.75, 3.05) is 11.9 Å². The van der Waals surface area contributed by atoms with Crippen LogP contribution in [-0.2, 0) is 9.53 Å². The zero-order chi connectivity index (χ0) is 16.2. The summed E-state index contributed by atoms with van der Waals surface area (Å²) in [6.45, 7) is 4.78. The molecule has 1 aliphatic carbocycles. The molecule has 2 heterocycles. The third-order valence-electron chi connectivity index (χ3n) is 5.68. The van der Waals surface area contributed by atoms with E-state index in [-0.39, 0.29) is 30.3 Å². The van der Waals surface area contributed by atoms with Crippen LogP contribution >= 0.6 is 12.4 Å². The zero-order valence-electron chi connectivity index (χ0n) is 13.8. The van der Waals surface area contributed by atoms with E-state index in [0.717, 1.165) is 30.5 Å². The molecule has 1 aliphatic heterocycles. The fourth-order valence-electron chi connectivity index (χ4n) is 4.26. The second-order valence-electron chi connectivity index (χ2n) is 7.19. The van der Waals surface area contributed by atoms with Crippen LogP contribution in [0.2, 0.25) is 0 Å². The van der Waals surface area contributed by atoms with Crippen LogP contribution in [0.15, 0.2) is 24.3 Å². The van der Waals surface area contributed by atoms with Crippen molar-refractivity contribution in [1.82, 2.24) is 9.97 Å². The number of aromatic amines is 1. The molecule has 3 atom stereocenters. The second kappa shape index (κ2) is 5.72. The van der Waals surface area contributed by atoms with Gasteiger partial charge in [0, 0.05) is 17.9 Å². The van der Waals surface area contributed by atoms with Crippen molar-refractivity contribution in [1.29, 1.82) is 0 Å². The molecule has 4 rings (SSSR count). The Hall–Kier alpha value is -1.63. The molecule has 2 aromatic rings. The van der Waals surface area contributed by atoms with Gasteiger partial charge in [-0.1, -0.05) is 26.0 Å². The zero-order valence-corrected chi connectivity index (χ0v) is 14.7. The first-order chi connectivity index (χ1) is 10.9. The minimum absolute atomic E-state index is 0. The fraction of sp³-hybridized carbons (Fsp3) is 0.529. The lowest BCUT2D eigenvalue weighted by atomic mass is 9.46. The maximum absolute atomic E-state index is 12.9. The quantitative estimate of drug-likeness (QED) is 0.775. The number of hydrogen-bond acceptors (Lipinski definition) is 4. The summed E-state index contributed by atoms with van der Waals surface area (Å²) in [6.07, 6.45) is 1.94. The fourth-order valence-corrected chi connectivity index (χ4v) is 4.26. The molecule has 3 unspecified atom stereocenters. The molecule has 0 bridgehead atoms. The first kappa shape index (κ1) is 17.2. The number of aromatic nitrogens is 2. The Kier molecular flexibility index (Phi) is 4.10. The monoisotopic (exact) mass is 350 g/mol. The van der Waals surface area contributed by atoms with Crippen molar-refractivity contribution >= 4 is 35.3 Å². The van der Waals surface area contributed by atoms with Crippen LogP contribution in [0.3, 0.4) is 0 Å². The van der Waals surface area contributed by atoms with E-state index in [1.54, 1.807) is 0 Å².